The van der Waals surface area contributed by atoms with Crippen LogP contribution >= 0.6 is 0 Å². The normalized spacial score (nSPS) is 10.8. The molecule has 0 aliphatic heterocycles. The Labute approximate surface area is 162 Å². The van der Waals surface area contributed by atoms with Crippen LogP contribution in [0.1, 0.15) is 27.4 Å². The molecule has 0 spiro atoms. The third-order valence-electron chi connectivity index (χ3n) is 4.31. The van der Waals surface area contributed by atoms with Crippen molar-refractivity contribution >= 4 is 5.97 Å². The molecule has 0 aliphatic carbocycles. The number of para-hydroxylation sites is 1. The molecule has 0 aliphatic rings. The van der Waals surface area contributed by atoms with Crippen LogP contribution in [0.4, 0.5) is 0 Å². The molecule has 2 aromatic heterocycles. The van der Waals surface area contributed by atoms with Gasteiger partial charge in [0.2, 0.25) is 0 Å². The van der Waals surface area contributed by atoms with Crippen LogP contribution in [0.3, 0.4) is 0 Å². The van der Waals surface area contributed by atoms with Crippen LogP contribution in [0.2, 0.25) is 0 Å². The highest BCUT2D eigenvalue weighted by molar-refractivity contribution is 5.96. The zero-order valence-electron chi connectivity index (χ0n) is 15.6. The molecule has 4 rings (SSSR count). The number of benzene rings is 2. The van der Waals surface area contributed by atoms with E-state index in [0.717, 1.165) is 16.8 Å². The Hall–Kier alpha value is -3.67. The summed E-state index contributed by atoms with van der Waals surface area (Å²) >= 11 is 0. The van der Waals surface area contributed by atoms with Gasteiger partial charge >= 0.3 is 5.97 Å². The summed E-state index contributed by atoms with van der Waals surface area (Å²) < 4.78 is 12.1. The van der Waals surface area contributed by atoms with Gasteiger partial charge in [-0.05, 0) is 26.0 Å². The van der Waals surface area contributed by atoms with Crippen LogP contribution in [-0.4, -0.2) is 20.9 Å². The van der Waals surface area contributed by atoms with E-state index < -0.39 is 5.97 Å². The van der Waals surface area contributed by atoms with Crippen molar-refractivity contribution in [2.75, 3.05) is 0 Å². The van der Waals surface area contributed by atoms with Crippen LogP contribution in [0.25, 0.3) is 16.9 Å². The van der Waals surface area contributed by atoms with Gasteiger partial charge in [-0.1, -0.05) is 53.2 Å². The van der Waals surface area contributed by atoms with E-state index in [-0.39, 0.29) is 6.61 Å². The zero-order valence-corrected chi connectivity index (χ0v) is 15.6. The molecule has 0 atom stereocenters. The molecule has 28 heavy (non-hydrogen) atoms. The largest absolute Gasteiger partial charge is 0.455 e. The molecular weight excluding hydrogens is 354 g/mol. The lowest BCUT2D eigenvalue weighted by Gasteiger charge is -2.03. The van der Waals surface area contributed by atoms with E-state index >= 15 is 0 Å². The molecule has 0 fully saturated rings. The summed E-state index contributed by atoms with van der Waals surface area (Å²) in [4.78, 5) is 12.8. The predicted molar refractivity (Wildman–Crippen MR) is 104 cm³/mol. The van der Waals surface area contributed by atoms with Gasteiger partial charge in [-0.25, -0.2) is 9.48 Å². The zero-order chi connectivity index (χ0) is 19.5. The quantitative estimate of drug-likeness (QED) is 0.482. The van der Waals surface area contributed by atoms with Crippen LogP contribution in [-0.2, 0) is 11.3 Å². The SMILES string of the molecule is Cc1ccc(-c2nn(-c3ccccc3)cc2C(=O)OCc2cc(C)on2)cc1. The predicted octanol–water partition coefficient (Wildman–Crippen LogP) is 4.50. The first-order valence-electron chi connectivity index (χ1n) is 8.91. The van der Waals surface area contributed by atoms with Crippen molar-refractivity contribution in [1.82, 2.24) is 14.9 Å². The average Bonchev–Trinajstić information content (AvgIpc) is 3.34. The third-order valence-corrected chi connectivity index (χ3v) is 4.31. The fourth-order valence-corrected chi connectivity index (χ4v) is 2.86. The molecule has 2 heterocycles. The standard InChI is InChI=1S/C22H19N3O3/c1-15-8-10-17(11-9-15)21-20(13-25(23-21)19-6-4-3-5-7-19)22(26)27-14-18-12-16(2)28-24-18/h3-13H,14H2,1-2H3. The summed E-state index contributed by atoms with van der Waals surface area (Å²) in [6.07, 6.45) is 1.70. The molecule has 0 saturated carbocycles. The molecule has 4 aromatic rings. The van der Waals surface area contributed by atoms with E-state index in [0.29, 0.717) is 22.7 Å². The number of hydrogen-bond acceptors (Lipinski definition) is 5. The molecule has 6 heteroatoms. The topological polar surface area (TPSA) is 70.2 Å². The smallest absolute Gasteiger partial charge is 0.342 e. The Morgan fingerprint density at radius 1 is 1.07 bits per heavy atom. The number of carbonyl (C=O) groups excluding carboxylic acids is 1. The van der Waals surface area contributed by atoms with Gasteiger partial charge in [0.1, 0.15) is 29.3 Å². The molecule has 2 aromatic carbocycles. The molecule has 0 bridgehead atoms. The number of rotatable bonds is 5. The highest BCUT2D eigenvalue weighted by Gasteiger charge is 2.20. The van der Waals surface area contributed by atoms with E-state index in [1.54, 1.807) is 23.9 Å². The second kappa shape index (κ2) is 7.52. The summed E-state index contributed by atoms with van der Waals surface area (Å²) in [5, 5.41) is 8.49. The van der Waals surface area contributed by atoms with Gasteiger partial charge in [0, 0.05) is 17.8 Å². The van der Waals surface area contributed by atoms with Gasteiger partial charge < -0.3 is 9.26 Å². The molecule has 140 valence electrons. The fraction of sp³-hybridized carbons (Fsp3) is 0.136. The van der Waals surface area contributed by atoms with Gasteiger partial charge in [0.25, 0.3) is 0 Å². The first-order chi connectivity index (χ1) is 13.6. The van der Waals surface area contributed by atoms with Crippen LogP contribution in [0.5, 0.6) is 0 Å². The molecule has 0 amide bonds. The van der Waals surface area contributed by atoms with Crippen molar-refractivity contribution in [3.05, 3.63) is 89.4 Å². The lowest BCUT2D eigenvalue weighted by atomic mass is 10.1. The van der Waals surface area contributed by atoms with Gasteiger partial charge in [0.15, 0.2) is 0 Å². The maximum absolute atomic E-state index is 12.8. The van der Waals surface area contributed by atoms with Crippen molar-refractivity contribution in [3.63, 3.8) is 0 Å². The van der Waals surface area contributed by atoms with Crippen LogP contribution in [0.15, 0.2) is 71.4 Å². The minimum absolute atomic E-state index is 0.0417. The molecular formula is C22H19N3O3. The molecule has 0 N–H and O–H groups in total. The maximum atomic E-state index is 12.8. The van der Waals surface area contributed by atoms with Crippen molar-refractivity contribution in [1.29, 1.82) is 0 Å². The maximum Gasteiger partial charge on any atom is 0.342 e. The van der Waals surface area contributed by atoms with Crippen LogP contribution in [0, 0.1) is 13.8 Å². The first-order valence-corrected chi connectivity index (χ1v) is 8.91. The summed E-state index contributed by atoms with van der Waals surface area (Å²) in [6, 6.07) is 19.3. The van der Waals surface area contributed by atoms with Crippen molar-refractivity contribution < 1.29 is 14.1 Å². The number of carbonyl (C=O) groups is 1. The highest BCUT2D eigenvalue weighted by atomic mass is 16.5. The minimum Gasteiger partial charge on any atom is -0.455 e. The molecule has 0 radical (unpaired) electrons. The summed E-state index contributed by atoms with van der Waals surface area (Å²) in [6.45, 7) is 3.85. The Balaban J connectivity index is 1.68. The van der Waals surface area contributed by atoms with Crippen molar-refractivity contribution in [2.24, 2.45) is 0 Å². The van der Waals surface area contributed by atoms with E-state index in [2.05, 4.69) is 10.3 Å². The first kappa shape index (κ1) is 17.7. The number of esters is 1. The van der Waals surface area contributed by atoms with Gasteiger partial charge in [-0.2, -0.15) is 5.10 Å². The second-order valence-electron chi connectivity index (χ2n) is 6.54. The van der Waals surface area contributed by atoms with E-state index in [4.69, 9.17) is 9.26 Å². The monoisotopic (exact) mass is 373 g/mol. The molecule has 6 nitrogen and oxygen atoms in total. The van der Waals surface area contributed by atoms with Crippen molar-refractivity contribution in [2.45, 2.75) is 20.5 Å². The van der Waals surface area contributed by atoms with Gasteiger partial charge in [-0.3, -0.25) is 0 Å². The lowest BCUT2D eigenvalue weighted by molar-refractivity contribution is 0.0465. The van der Waals surface area contributed by atoms with Crippen LogP contribution < -0.4 is 0 Å². The Bertz CT molecular complexity index is 1100. The number of ether oxygens (including phenoxy) is 1. The summed E-state index contributed by atoms with van der Waals surface area (Å²) in [7, 11) is 0. The highest BCUT2D eigenvalue weighted by Crippen LogP contribution is 2.25. The van der Waals surface area contributed by atoms with Gasteiger partial charge in [-0.15, -0.1) is 0 Å². The Morgan fingerprint density at radius 2 is 1.82 bits per heavy atom. The Kier molecular flexibility index (Phi) is 4.76. The third kappa shape index (κ3) is 3.71. The van der Waals surface area contributed by atoms with Crippen molar-refractivity contribution in [3.8, 4) is 16.9 Å². The summed E-state index contributed by atoms with van der Waals surface area (Å²) in [5.74, 6) is 0.210. The minimum atomic E-state index is -0.460. The average molecular weight is 373 g/mol. The fourth-order valence-electron chi connectivity index (χ4n) is 2.86. The summed E-state index contributed by atoms with van der Waals surface area (Å²) in [5.41, 5.74) is 4.39. The number of hydrogen-bond donors (Lipinski definition) is 0. The molecule has 0 unspecified atom stereocenters. The van der Waals surface area contributed by atoms with E-state index in [1.807, 2.05) is 61.5 Å². The lowest BCUT2D eigenvalue weighted by Crippen LogP contribution is -2.06. The number of aromatic nitrogens is 3. The Morgan fingerprint density at radius 3 is 2.50 bits per heavy atom. The number of aryl methyl sites for hydroxylation is 2. The van der Waals surface area contributed by atoms with E-state index in [9.17, 15) is 4.79 Å². The second-order valence-corrected chi connectivity index (χ2v) is 6.54. The molecule has 0 saturated heterocycles. The number of nitrogens with zero attached hydrogens (tertiary/aromatic N) is 3. The van der Waals surface area contributed by atoms with Gasteiger partial charge in [0.05, 0.1) is 5.69 Å². The van der Waals surface area contributed by atoms with E-state index in [1.165, 1.54) is 0 Å².